The Morgan fingerprint density at radius 2 is 2.05 bits per heavy atom. The lowest BCUT2D eigenvalue weighted by atomic mass is 10.1. The van der Waals surface area contributed by atoms with Crippen molar-refractivity contribution in [3.05, 3.63) is 49.8 Å². The molecule has 2 heterocycles. The maximum absolute atomic E-state index is 12.2. The maximum Gasteiger partial charge on any atom is 0.260 e. The summed E-state index contributed by atoms with van der Waals surface area (Å²) in [6.07, 6.45) is 0. The summed E-state index contributed by atoms with van der Waals surface area (Å²) in [7, 11) is 0. The number of H-pyrrole nitrogens is 1. The van der Waals surface area contributed by atoms with Gasteiger partial charge >= 0.3 is 0 Å². The van der Waals surface area contributed by atoms with Gasteiger partial charge < -0.3 is 4.98 Å². The number of hydrogen-bond donors (Lipinski definition) is 1. The van der Waals surface area contributed by atoms with Gasteiger partial charge in [-0.25, -0.2) is 4.98 Å². The van der Waals surface area contributed by atoms with Gasteiger partial charge in [0.2, 0.25) is 0 Å². The largest absolute Gasteiger partial charge is 0.309 e. The van der Waals surface area contributed by atoms with Crippen molar-refractivity contribution in [2.75, 3.05) is 0 Å². The van der Waals surface area contributed by atoms with Gasteiger partial charge in [-0.15, -0.1) is 22.9 Å². The van der Waals surface area contributed by atoms with E-state index in [0.29, 0.717) is 26.1 Å². The van der Waals surface area contributed by atoms with E-state index in [2.05, 4.69) is 9.97 Å². The Labute approximate surface area is 133 Å². The number of nitrogens with one attached hydrogen (secondary N) is 1. The number of benzene rings is 1. The van der Waals surface area contributed by atoms with E-state index in [1.807, 2.05) is 11.4 Å². The first-order valence-corrected chi connectivity index (χ1v) is 7.79. The SMILES string of the molecule is O=c1[nH]c(CCl)nc2scc(-c3ccc(Cl)c(Cl)c3)c12. The fourth-order valence-corrected chi connectivity index (χ4v) is 3.32. The van der Waals surface area contributed by atoms with Crippen molar-refractivity contribution in [2.45, 2.75) is 5.88 Å². The minimum absolute atomic E-state index is 0.172. The molecule has 0 saturated carbocycles. The van der Waals surface area contributed by atoms with Gasteiger partial charge in [0.1, 0.15) is 10.7 Å². The summed E-state index contributed by atoms with van der Waals surface area (Å²) in [5.74, 6) is 0.636. The average Bonchev–Trinajstić information content (AvgIpc) is 2.86. The van der Waals surface area contributed by atoms with Crippen molar-refractivity contribution in [1.82, 2.24) is 9.97 Å². The third-order valence-electron chi connectivity index (χ3n) is 2.85. The Kier molecular flexibility index (Phi) is 3.73. The monoisotopic (exact) mass is 344 g/mol. The van der Waals surface area contributed by atoms with Crippen molar-refractivity contribution >= 4 is 56.4 Å². The van der Waals surface area contributed by atoms with E-state index in [-0.39, 0.29) is 11.4 Å². The Morgan fingerprint density at radius 1 is 1.25 bits per heavy atom. The van der Waals surface area contributed by atoms with Crippen LogP contribution < -0.4 is 5.56 Å². The molecule has 0 aliphatic carbocycles. The van der Waals surface area contributed by atoms with E-state index in [1.54, 1.807) is 12.1 Å². The molecule has 0 spiro atoms. The van der Waals surface area contributed by atoms with E-state index in [4.69, 9.17) is 34.8 Å². The van der Waals surface area contributed by atoms with Crippen LogP contribution in [0, 0.1) is 0 Å². The molecule has 3 rings (SSSR count). The number of alkyl halides is 1. The molecule has 0 unspecified atom stereocenters. The highest BCUT2D eigenvalue weighted by atomic mass is 35.5. The maximum atomic E-state index is 12.2. The lowest BCUT2D eigenvalue weighted by Crippen LogP contribution is -2.10. The minimum Gasteiger partial charge on any atom is -0.309 e. The summed E-state index contributed by atoms with van der Waals surface area (Å²) in [6.45, 7) is 0. The smallest absolute Gasteiger partial charge is 0.260 e. The second-order valence-corrected chi connectivity index (χ2v) is 6.04. The van der Waals surface area contributed by atoms with E-state index in [1.165, 1.54) is 11.3 Å². The Bertz CT molecular complexity index is 856. The highest BCUT2D eigenvalue weighted by Crippen LogP contribution is 2.34. The summed E-state index contributed by atoms with van der Waals surface area (Å²) in [5, 5.41) is 3.35. The fraction of sp³-hybridized carbons (Fsp3) is 0.0769. The summed E-state index contributed by atoms with van der Waals surface area (Å²) in [6, 6.07) is 5.27. The summed E-state index contributed by atoms with van der Waals surface area (Å²) < 4.78 is 0. The summed E-state index contributed by atoms with van der Waals surface area (Å²) in [4.78, 5) is 19.8. The Morgan fingerprint density at radius 3 is 2.75 bits per heavy atom. The molecule has 0 saturated heterocycles. The van der Waals surface area contributed by atoms with Crippen LogP contribution in [0.1, 0.15) is 5.82 Å². The molecule has 0 fully saturated rings. The van der Waals surface area contributed by atoms with Crippen molar-refractivity contribution in [2.24, 2.45) is 0 Å². The van der Waals surface area contributed by atoms with E-state index >= 15 is 0 Å². The van der Waals surface area contributed by atoms with Crippen molar-refractivity contribution in [3.63, 3.8) is 0 Å². The van der Waals surface area contributed by atoms with Crippen molar-refractivity contribution in [1.29, 1.82) is 0 Å². The predicted molar refractivity (Wildman–Crippen MR) is 85.3 cm³/mol. The number of halogens is 3. The molecule has 0 amide bonds. The zero-order valence-electron chi connectivity index (χ0n) is 9.91. The molecule has 7 heteroatoms. The van der Waals surface area contributed by atoms with Crippen molar-refractivity contribution < 1.29 is 0 Å². The number of nitrogens with zero attached hydrogens (tertiary/aromatic N) is 1. The number of aromatic nitrogens is 2. The predicted octanol–water partition coefficient (Wildman–Crippen LogP) is 4.70. The second-order valence-electron chi connectivity index (χ2n) is 4.10. The van der Waals surface area contributed by atoms with Crippen LogP contribution in [0.25, 0.3) is 21.3 Å². The molecule has 1 N–H and O–H groups in total. The second kappa shape index (κ2) is 5.37. The van der Waals surface area contributed by atoms with Crippen LogP contribution in [0.5, 0.6) is 0 Å². The molecule has 0 aliphatic rings. The van der Waals surface area contributed by atoms with Crippen LogP contribution in [0.15, 0.2) is 28.4 Å². The third kappa shape index (κ3) is 2.33. The normalized spacial score (nSPS) is 11.2. The number of aromatic amines is 1. The van der Waals surface area contributed by atoms with Crippen LogP contribution in [0.3, 0.4) is 0 Å². The van der Waals surface area contributed by atoms with Crippen LogP contribution in [-0.4, -0.2) is 9.97 Å². The highest BCUT2D eigenvalue weighted by molar-refractivity contribution is 7.17. The van der Waals surface area contributed by atoms with Gasteiger partial charge in [0.15, 0.2) is 0 Å². The van der Waals surface area contributed by atoms with Gasteiger partial charge in [0, 0.05) is 10.9 Å². The van der Waals surface area contributed by atoms with Gasteiger partial charge in [-0.1, -0.05) is 29.3 Å². The minimum atomic E-state index is -0.201. The van der Waals surface area contributed by atoms with Crippen LogP contribution in [-0.2, 0) is 5.88 Å². The molecule has 102 valence electrons. The quantitative estimate of drug-likeness (QED) is 0.684. The van der Waals surface area contributed by atoms with E-state index in [0.717, 1.165) is 11.1 Å². The highest BCUT2D eigenvalue weighted by Gasteiger charge is 2.13. The molecular weight excluding hydrogens is 339 g/mol. The summed E-state index contributed by atoms with van der Waals surface area (Å²) in [5.41, 5.74) is 1.42. The number of thiophene rings is 1. The van der Waals surface area contributed by atoms with Gasteiger partial charge in [-0.05, 0) is 17.7 Å². The van der Waals surface area contributed by atoms with E-state index < -0.39 is 0 Å². The first kappa shape index (κ1) is 13.9. The van der Waals surface area contributed by atoms with Gasteiger partial charge in [0.25, 0.3) is 5.56 Å². The average molecular weight is 346 g/mol. The molecule has 3 aromatic rings. The van der Waals surface area contributed by atoms with Crippen LogP contribution in [0.4, 0.5) is 0 Å². The molecule has 0 atom stereocenters. The zero-order chi connectivity index (χ0) is 14.3. The number of fused-ring (bicyclic) bond motifs is 1. The zero-order valence-corrected chi connectivity index (χ0v) is 13.0. The standard InChI is InChI=1S/C13H7Cl3N2OS/c14-4-10-17-12(19)11-7(5-20-13(11)18-10)6-1-2-8(15)9(16)3-6/h1-3,5H,4H2,(H,17,18,19). The summed E-state index contributed by atoms with van der Waals surface area (Å²) >= 11 is 19.0. The van der Waals surface area contributed by atoms with Crippen LogP contribution >= 0.6 is 46.1 Å². The van der Waals surface area contributed by atoms with E-state index in [9.17, 15) is 4.79 Å². The van der Waals surface area contributed by atoms with Gasteiger partial charge in [0.05, 0.1) is 21.3 Å². The third-order valence-corrected chi connectivity index (χ3v) is 4.71. The number of rotatable bonds is 2. The molecule has 0 bridgehead atoms. The first-order chi connectivity index (χ1) is 9.60. The molecule has 20 heavy (non-hydrogen) atoms. The number of hydrogen-bond acceptors (Lipinski definition) is 3. The first-order valence-electron chi connectivity index (χ1n) is 5.62. The lowest BCUT2D eigenvalue weighted by molar-refractivity contribution is 1.04. The van der Waals surface area contributed by atoms with Gasteiger partial charge in [-0.2, -0.15) is 0 Å². The molecule has 3 nitrogen and oxygen atoms in total. The molecule has 2 aromatic heterocycles. The molecular formula is C13H7Cl3N2OS. The Hall–Kier alpha value is -1.07. The van der Waals surface area contributed by atoms with Gasteiger partial charge in [-0.3, -0.25) is 4.79 Å². The van der Waals surface area contributed by atoms with Crippen molar-refractivity contribution in [3.8, 4) is 11.1 Å². The van der Waals surface area contributed by atoms with Crippen LogP contribution in [0.2, 0.25) is 10.0 Å². The fourth-order valence-electron chi connectivity index (χ4n) is 1.93. The molecule has 0 radical (unpaired) electrons. The topological polar surface area (TPSA) is 45.8 Å². The molecule has 1 aromatic carbocycles. The lowest BCUT2D eigenvalue weighted by Gasteiger charge is -2.02. The Balaban J connectivity index is 2.27. The molecule has 0 aliphatic heterocycles.